The predicted octanol–water partition coefficient (Wildman–Crippen LogP) is 4.17. The van der Waals surface area contributed by atoms with E-state index in [1.807, 2.05) is 45.3 Å². The van der Waals surface area contributed by atoms with Crippen LogP contribution in [-0.2, 0) is 20.9 Å². The van der Waals surface area contributed by atoms with Gasteiger partial charge in [0.15, 0.2) is 0 Å². The molecular formula is C27H32IN5O3S. The molecular weight excluding hydrogens is 601 g/mol. The number of likely N-dealkylation sites (tertiary alicyclic amines) is 1. The van der Waals surface area contributed by atoms with Crippen molar-refractivity contribution in [2.45, 2.75) is 72.0 Å². The number of aryl methyl sites for hydroxylation is 1. The minimum Gasteiger partial charge on any atom is -0.350 e. The van der Waals surface area contributed by atoms with E-state index < -0.39 is 28.8 Å². The summed E-state index contributed by atoms with van der Waals surface area (Å²) in [6.07, 6.45) is 2.32. The molecule has 10 heteroatoms. The lowest BCUT2D eigenvalue weighted by atomic mass is 9.85. The highest BCUT2D eigenvalue weighted by Gasteiger charge is 2.53. The van der Waals surface area contributed by atoms with Gasteiger partial charge in [-0.05, 0) is 77.8 Å². The largest absolute Gasteiger partial charge is 0.350 e. The summed E-state index contributed by atoms with van der Waals surface area (Å²) in [5.74, 6) is -0.861. The molecule has 1 saturated heterocycles. The van der Waals surface area contributed by atoms with Crippen molar-refractivity contribution in [2.75, 3.05) is 6.54 Å². The van der Waals surface area contributed by atoms with Gasteiger partial charge in [-0.25, -0.2) is 4.98 Å². The highest BCUT2D eigenvalue weighted by atomic mass is 127. The van der Waals surface area contributed by atoms with E-state index in [0.717, 1.165) is 31.7 Å². The maximum Gasteiger partial charge on any atom is 0.246 e. The Morgan fingerprint density at radius 1 is 1.32 bits per heavy atom. The van der Waals surface area contributed by atoms with E-state index in [2.05, 4.69) is 50.3 Å². The van der Waals surface area contributed by atoms with Crippen LogP contribution in [0.2, 0.25) is 0 Å². The molecule has 1 saturated carbocycles. The highest BCUT2D eigenvalue weighted by Crippen LogP contribution is 2.45. The van der Waals surface area contributed by atoms with Crippen molar-refractivity contribution in [2.24, 2.45) is 10.8 Å². The van der Waals surface area contributed by atoms with Crippen molar-refractivity contribution in [1.29, 1.82) is 5.26 Å². The fourth-order valence-electron chi connectivity index (χ4n) is 4.61. The fraction of sp³-hybridized carbons (Fsp3) is 0.519. The fourth-order valence-corrected chi connectivity index (χ4v) is 6.12. The van der Waals surface area contributed by atoms with Gasteiger partial charge in [0.25, 0.3) is 0 Å². The van der Waals surface area contributed by atoms with Gasteiger partial charge in [0.05, 0.1) is 22.2 Å². The van der Waals surface area contributed by atoms with Gasteiger partial charge in [0.2, 0.25) is 17.7 Å². The Balaban J connectivity index is 1.42. The third kappa shape index (κ3) is 5.82. The van der Waals surface area contributed by atoms with Gasteiger partial charge in [-0.2, -0.15) is 5.26 Å². The van der Waals surface area contributed by atoms with E-state index >= 15 is 0 Å². The van der Waals surface area contributed by atoms with Crippen molar-refractivity contribution in [1.82, 2.24) is 20.5 Å². The van der Waals surface area contributed by atoms with Gasteiger partial charge < -0.3 is 15.5 Å². The number of carbonyl (C=O) groups excluding carboxylic acids is 3. The molecule has 0 spiro atoms. The van der Waals surface area contributed by atoms with Crippen LogP contribution in [0.15, 0.2) is 23.7 Å². The maximum atomic E-state index is 13.6. The van der Waals surface area contributed by atoms with Crippen molar-refractivity contribution in [3.63, 3.8) is 0 Å². The standard InChI is InChI=1S/C27H32IN5O3S/c1-16-21(37-15-31-16)17-7-8-18(19(28)12-17)13-30-23(34)20-6-5-11-33(20)24(35)22(26(2,3)4)32-25(36)27(14-29)9-10-27/h7-8,12,15,20,22H,5-6,9-11,13H2,1-4H3,(H,30,34)(H,32,36)/t20-,22+/m0/s1. The molecule has 2 heterocycles. The second-order valence-corrected chi connectivity index (χ2v) is 13.0. The Morgan fingerprint density at radius 2 is 2.05 bits per heavy atom. The Kier molecular flexibility index (Phi) is 7.95. The minimum absolute atomic E-state index is 0.196. The molecule has 1 aliphatic heterocycles. The number of amides is 3. The molecule has 2 atom stereocenters. The number of rotatable bonds is 7. The molecule has 4 rings (SSSR count). The van der Waals surface area contributed by atoms with Gasteiger partial charge in [-0.3, -0.25) is 14.4 Å². The van der Waals surface area contributed by atoms with Crippen LogP contribution < -0.4 is 10.6 Å². The molecule has 1 aromatic carbocycles. The summed E-state index contributed by atoms with van der Waals surface area (Å²) >= 11 is 3.89. The summed E-state index contributed by atoms with van der Waals surface area (Å²) < 4.78 is 1.05. The average Bonchev–Trinajstić information content (AvgIpc) is 3.28. The lowest BCUT2D eigenvalue weighted by Crippen LogP contribution is -2.58. The van der Waals surface area contributed by atoms with Crippen LogP contribution in [0, 0.1) is 32.7 Å². The van der Waals surface area contributed by atoms with Gasteiger partial charge in [-0.15, -0.1) is 11.3 Å². The molecule has 196 valence electrons. The molecule has 1 aromatic heterocycles. The molecule has 2 aromatic rings. The summed E-state index contributed by atoms with van der Waals surface area (Å²) in [6.45, 7) is 8.46. The number of nitriles is 1. The number of nitrogens with one attached hydrogen (secondary N) is 2. The first kappa shape index (κ1) is 27.5. The zero-order chi connectivity index (χ0) is 27.0. The molecule has 3 amide bonds. The molecule has 2 fully saturated rings. The van der Waals surface area contributed by atoms with Crippen molar-refractivity contribution in [3.05, 3.63) is 38.5 Å². The number of hydrogen-bond acceptors (Lipinski definition) is 6. The van der Waals surface area contributed by atoms with Crippen LogP contribution in [0.3, 0.4) is 0 Å². The van der Waals surface area contributed by atoms with E-state index in [1.165, 1.54) is 0 Å². The Labute approximate surface area is 235 Å². The zero-order valence-corrected chi connectivity index (χ0v) is 24.5. The predicted molar refractivity (Wildman–Crippen MR) is 150 cm³/mol. The third-order valence-corrected chi connectivity index (χ3v) is 9.12. The van der Waals surface area contributed by atoms with E-state index in [9.17, 15) is 19.6 Å². The summed E-state index contributed by atoms with van der Waals surface area (Å²) in [4.78, 5) is 46.7. The first-order valence-electron chi connectivity index (χ1n) is 12.5. The number of nitrogens with zero attached hydrogens (tertiary/aromatic N) is 3. The van der Waals surface area contributed by atoms with Gasteiger partial charge >= 0.3 is 0 Å². The Hall–Kier alpha value is -2.52. The van der Waals surface area contributed by atoms with E-state index in [-0.39, 0.29) is 11.8 Å². The number of aromatic nitrogens is 1. The maximum absolute atomic E-state index is 13.6. The van der Waals surface area contributed by atoms with Crippen molar-refractivity contribution in [3.8, 4) is 16.5 Å². The van der Waals surface area contributed by atoms with E-state index in [4.69, 9.17) is 0 Å². The van der Waals surface area contributed by atoms with Crippen LogP contribution in [-0.4, -0.2) is 46.2 Å². The molecule has 0 unspecified atom stereocenters. The quantitative estimate of drug-likeness (QED) is 0.445. The molecule has 1 aliphatic carbocycles. The summed E-state index contributed by atoms with van der Waals surface area (Å²) in [6, 6.07) is 6.84. The smallest absolute Gasteiger partial charge is 0.246 e. The third-order valence-electron chi connectivity index (χ3n) is 7.14. The Bertz CT molecular complexity index is 1260. The molecule has 2 N–H and O–H groups in total. The van der Waals surface area contributed by atoms with Gasteiger partial charge in [0.1, 0.15) is 17.5 Å². The molecule has 37 heavy (non-hydrogen) atoms. The van der Waals surface area contributed by atoms with Crippen molar-refractivity contribution < 1.29 is 14.4 Å². The SMILES string of the molecule is Cc1ncsc1-c1ccc(CNC(=O)[C@@H]2CCCN2C(=O)[C@@H](NC(=O)C2(C#N)CC2)C(C)(C)C)c(I)c1. The lowest BCUT2D eigenvalue weighted by Gasteiger charge is -2.35. The summed E-state index contributed by atoms with van der Waals surface area (Å²) in [7, 11) is 0. The van der Waals surface area contributed by atoms with Crippen LogP contribution in [0.4, 0.5) is 0 Å². The van der Waals surface area contributed by atoms with Gasteiger partial charge in [-0.1, -0.05) is 32.9 Å². The lowest BCUT2D eigenvalue weighted by molar-refractivity contribution is -0.144. The molecule has 8 nitrogen and oxygen atoms in total. The zero-order valence-electron chi connectivity index (χ0n) is 21.6. The number of hydrogen-bond donors (Lipinski definition) is 2. The summed E-state index contributed by atoms with van der Waals surface area (Å²) in [5, 5.41) is 15.3. The molecule has 2 aliphatic rings. The first-order valence-corrected chi connectivity index (χ1v) is 14.4. The van der Waals surface area contributed by atoms with Gasteiger partial charge in [0, 0.05) is 16.7 Å². The van der Waals surface area contributed by atoms with Crippen molar-refractivity contribution >= 4 is 51.6 Å². The van der Waals surface area contributed by atoms with Crippen LogP contribution >= 0.6 is 33.9 Å². The van der Waals surface area contributed by atoms with E-state index in [0.29, 0.717) is 32.4 Å². The second-order valence-electron chi connectivity index (χ2n) is 10.9. The number of thiazole rings is 1. The van der Waals surface area contributed by atoms with Crippen LogP contribution in [0.5, 0.6) is 0 Å². The topological polar surface area (TPSA) is 115 Å². The summed E-state index contributed by atoms with van der Waals surface area (Å²) in [5.41, 5.74) is 3.35. The normalized spacial score (nSPS) is 19.1. The highest BCUT2D eigenvalue weighted by molar-refractivity contribution is 14.1. The second kappa shape index (κ2) is 10.7. The number of benzene rings is 1. The minimum atomic E-state index is -1.02. The number of carbonyl (C=O) groups is 3. The van der Waals surface area contributed by atoms with Crippen LogP contribution in [0.1, 0.15) is 57.7 Å². The van der Waals surface area contributed by atoms with Crippen LogP contribution in [0.25, 0.3) is 10.4 Å². The number of halogens is 1. The average molecular weight is 634 g/mol. The monoisotopic (exact) mass is 633 g/mol. The molecule has 0 radical (unpaired) electrons. The van der Waals surface area contributed by atoms with E-state index in [1.54, 1.807) is 16.2 Å². The Morgan fingerprint density at radius 3 is 2.62 bits per heavy atom. The molecule has 0 bridgehead atoms. The first-order chi connectivity index (χ1) is 17.5.